The Labute approximate surface area is 130 Å². The van der Waals surface area contributed by atoms with E-state index in [2.05, 4.69) is 44.2 Å². The van der Waals surface area contributed by atoms with Crippen molar-refractivity contribution in [3.63, 3.8) is 0 Å². The summed E-state index contributed by atoms with van der Waals surface area (Å²) in [5, 5.41) is 0. The van der Waals surface area contributed by atoms with Crippen LogP contribution in [0.2, 0.25) is 0 Å². The molecule has 0 saturated carbocycles. The third kappa shape index (κ3) is 4.36. The van der Waals surface area contributed by atoms with Crippen molar-refractivity contribution in [1.29, 1.82) is 0 Å². The average Bonchev–Trinajstić information content (AvgIpc) is 2.48. The molecule has 0 aliphatic heterocycles. The molecular weight excluding hydrogens is 280 g/mol. The van der Waals surface area contributed by atoms with Crippen LogP contribution in [0.5, 0.6) is 0 Å². The highest BCUT2D eigenvalue weighted by molar-refractivity contribution is 7.98. The molecule has 0 fully saturated rings. The standard InChI is InChI=1S/C18H20O2S/c1-13-7-9-15(10-8-13)12-21-18-14(2)5-4-6-16(18)11-17(19)20-3/h4-10H,11-12H2,1-3H3. The zero-order chi connectivity index (χ0) is 15.2. The van der Waals surface area contributed by atoms with Gasteiger partial charge < -0.3 is 4.74 Å². The number of rotatable bonds is 5. The van der Waals surface area contributed by atoms with Gasteiger partial charge in [0, 0.05) is 10.6 Å². The van der Waals surface area contributed by atoms with Crippen LogP contribution in [-0.2, 0) is 21.7 Å². The number of carbonyl (C=O) groups is 1. The Kier molecular flexibility index (Phi) is 5.45. The molecule has 0 saturated heterocycles. The predicted molar refractivity (Wildman–Crippen MR) is 87.6 cm³/mol. The van der Waals surface area contributed by atoms with E-state index in [1.165, 1.54) is 28.7 Å². The number of methoxy groups -OCH3 is 1. The molecule has 2 aromatic carbocycles. The van der Waals surface area contributed by atoms with Crippen LogP contribution in [0.25, 0.3) is 0 Å². The number of benzene rings is 2. The maximum absolute atomic E-state index is 11.5. The van der Waals surface area contributed by atoms with E-state index in [1.54, 1.807) is 11.8 Å². The normalized spacial score (nSPS) is 10.4. The third-order valence-corrected chi connectivity index (χ3v) is 4.71. The van der Waals surface area contributed by atoms with Crippen LogP contribution in [0.15, 0.2) is 47.4 Å². The first kappa shape index (κ1) is 15.6. The number of aryl methyl sites for hydroxylation is 2. The third-order valence-electron chi connectivity index (χ3n) is 3.36. The molecule has 21 heavy (non-hydrogen) atoms. The van der Waals surface area contributed by atoms with Gasteiger partial charge in [-0.3, -0.25) is 4.79 Å². The number of carbonyl (C=O) groups excluding carboxylic acids is 1. The van der Waals surface area contributed by atoms with Gasteiger partial charge in [-0.1, -0.05) is 48.0 Å². The Morgan fingerprint density at radius 1 is 1.10 bits per heavy atom. The van der Waals surface area contributed by atoms with Crippen LogP contribution in [0, 0.1) is 13.8 Å². The molecule has 2 rings (SSSR count). The van der Waals surface area contributed by atoms with E-state index in [0.29, 0.717) is 6.42 Å². The van der Waals surface area contributed by atoms with Gasteiger partial charge in [0.05, 0.1) is 13.5 Å². The van der Waals surface area contributed by atoms with Crippen molar-refractivity contribution < 1.29 is 9.53 Å². The lowest BCUT2D eigenvalue weighted by molar-refractivity contribution is -0.139. The highest BCUT2D eigenvalue weighted by Gasteiger charge is 2.11. The second kappa shape index (κ2) is 7.32. The zero-order valence-corrected chi connectivity index (χ0v) is 13.5. The minimum atomic E-state index is -0.196. The molecule has 0 amide bonds. The molecule has 0 spiro atoms. The van der Waals surface area contributed by atoms with Crippen molar-refractivity contribution in [2.45, 2.75) is 30.9 Å². The fraction of sp³-hybridized carbons (Fsp3) is 0.278. The molecule has 2 aromatic rings. The minimum absolute atomic E-state index is 0.196. The van der Waals surface area contributed by atoms with Crippen molar-refractivity contribution >= 4 is 17.7 Å². The Hall–Kier alpha value is -1.74. The maximum Gasteiger partial charge on any atom is 0.310 e. The first-order valence-corrected chi connectivity index (χ1v) is 7.92. The summed E-state index contributed by atoms with van der Waals surface area (Å²) in [7, 11) is 1.43. The fourth-order valence-electron chi connectivity index (χ4n) is 2.13. The zero-order valence-electron chi connectivity index (χ0n) is 12.7. The van der Waals surface area contributed by atoms with Crippen LogP contribution in [0.3, 0.4) is 0 Å². The maximum atomic E-state index is 11.5. The molecule has 0 bridgehead atoms. The largest absolute Gasteiger partial charge is 0.469 e. The summed E-state index contributed by atoms with van der Waals surface area (Å²) in [6.45, 7) is 4.17. The van der Waals surface area contributed by atoms with Gasteiger partial charge in [0.1, 0.15) is 0 Å². The lowest BCUT2D eigenvalue weighted by Gasteiger charge is -2.11. The molecule has 0 N–H and O–H groups in total. The number of ether oxygens (including phenoxy) is 1. The number of esters is 1. The molecule has 0 heterocycles. The van der Waals surface area contributed by atoms with Crippen LogP contribution in [0.1, 0.15) is 22.3 Å². The Balaban J connectivity index is 2.14. The SMILES string of the molecule is COC(=O)Cc1cccc(C)c1SCc1ccc(C)cc1. The van der Waals surface area contributed by atoms with Crippen molar-refractivity contribution in [2.75, 3.05) is 7.11 Å². The molecule has 110 valence electrons. The minimum Gasteiger partial charge on any atom is -0.469 e. The summed E-state index contributed by atoms with van der Waals surface area (Å²) >= 11 is 1.78. The topological polar surface area (TPSA) is 26.3 Å². The van der Waals surface area contributed by atoms with E-state index in [9.17, 15) is 4.79 Å². The first-order valence-electron chi connectivity index (χ1n) is 6.94. The van der Waals surface area contributed by atoms with E-state index < -0.39 is 0 Å². The highest BCUT2D eigenvalue weighted by Crippen LogP contribution is 2.30. The van der Waals surface area contributed by atoms with Crippen LogP contribution >= 0.6 is 11.8 Å². The number of thioether (sulfide) groups is 1. The van der Waals surface area contributed by atoms with Crippen LogP contribution in [0.4, 0.5) is 0 Å². The lowest BCUT2D eigenvalue weighted by atomic mass is 10.1. The van der Waals surface area contributed by atoms with Gasteiger partial charge >= 0.3 is 5.97 Å². The van der Waals surface area contributed by atoms with Gasteiger partial charge in [-0.05, 0) is 30.5 Å². The van der Waals surface area contributed by atoms with Gasteiger partial charge in [0.15, 0.2) is 0 Å². The summed E-state index contributed by atoms with van der Waals surface area (Å²) < 4.78 is 4.78. The van der Waals surface area contributed by atoms with E-state index in [0.717, 1.165) is 11.3 Å². The smallest absolute Gasteiger partial charge is 0.310 e. The van der Waals surface area contributed by atoms with Crippen LogP contribution < -0.4 is 0 Å². The summed E-state index contributed by atoms with van der Waals surface area (Å²) in [5.74, 6) is 0.706. The monoisotopic (exact) mass is 300 g/mol. The molecule has 0 unspecified atom stereocenters. The second-order valence-corrected chi connectivity index (χ2v) is 6.08. The Morgan fingerprint density at radius 3 is 2.48 bits per heavy atom. The van der Waals surface area contributed by atoms with Crippen molar-refractivity contribution in [2.24, 2.45) is 0 Å². The molecule has 0 aromatic heterocycles. The molecule has 0 aliphatic carbocycles. The molecule has 0 aliphatic rings. The van der Waals surface area contributed by atoms with E-state index in [-0.39, 0.29) is 5.97 Å². The Morgan fingerprint density at radius 2 is 1.81 bits per heavy atom. The van der Waals surface area contributed by atoms with Crippen molar-refractivity contribution in [3.05, 3.63) is 64.7 Å². The van der Waals surface area contributed by atoms with Gasteiger partial charge in [-0.2, -0.15) is 0 Å². The highest BCUT2D eigenvalue weighted by atomic mass is 32.2. The summed E-state index contributed by atoms with van der Waals surface area (Å²) in [5.41, 5.74) is 4.80. The first-order chi connectivity index (χ1) is 10.1. The fourth-order valence-corrected chi connectivity index (χ4v) is 3.25. The van der Waals surface area contributed by atoms with Crippen molar-refractivity contribution in [1.82, 2.24) is 0 Å². The van der Waals surface area contributed by atoms with Crippen molar-refractivity contribution in [3.8, 4) is 0 Å². The second-order valence-electron chi connectivity index (χ2n) is 5.09. The van der Waals surface area contributed by atoms with E-state index in [1.807, 2.05) is 12.1 Å². The van der Waals surface area contributed by atoms with Gasteiger partial charge in [0.25, 0.3) is 0 Å². The van der Waals surface area contributed by atoms with Gasteiger partial charge in [0.2, 0.25) is 0 Å². The number of hydrogen-bond donors (Lipinski definition) is 0. The Bertz CT molecular complexity index is 618. The molecule has 2 nitrogen and oxygen atoms in total. The lowest BCUT2D eigenvalue weighted by Crippen LogP contribution is -2.06. The quantitative estimate of drug-likeness (QED) is 0.608. The van der Waals surface area contributed by atoms with Crippen LogP contribution in [-0.4, -0.2) is 13.1 Å². The van der Waals surface area contributed by atoms with E-state index in [4.69, 9.17) is 4.74 Å². The van der Waals surface area contributed by atoms with E-state index >= 15 is 0 Å². The number of hydrogen-bond acceptors (Lipinski definition) is 3. The molecule has 0 atom stereocenters. The molecule has 0 radical (unpaired) electrons. The van der Waals surface area contributed by atoms with Gasteiger partial charge in [-0.25, -0.2) is 0 Å². The average molecular weight is 300 g/mol. The molecule has 3 heteroatoms. The molecular formula is C18H20O2S. The predicted octanol–water partition coefficient (Wildman–Crippen LogP) is 4.31. The summed E-state index contributed by atoms with van der Waals surface area (Å²) in [6.07, 6.45) is 0.328. The van der Waals surface area contributed by atoms with Gasteiger partial charge in [-0.15, -0.1) is 11.8 Å². The summed E-state index contributed by atoms with van der Waals surface area (Å²) in [6, 6.07) is 14.6. The summed E-state index contributed by atoms with van der Waals surface area (Å²) in [4.78, 5) is 12.7.